The smallest absolute Gasteiger partial charge is 0.317 e. The van der Waals surface area contributed by atoms with Crippen molar-refractivity contribution in [3.8, 4) is 0 Å². The molecular formula is C36H59NO6. The minimum atomic E-state index is -1.14. The van der Waals surface area contributed by atoms with Crippen LogP contribution in [0, 0.1) is 46.3 Å². The molecule has 3 unspecified atom stereocenters. The zero-order valence-electron chi connectivity index (χ0n) is 27.6. The number of hydrogen-bond donors (Lipinski definition) is 2. The van der Waals surface area contributed by atoms with Crippen molar-refractivity contribution in [2.24, 2.45) is 46.3 Å². The number of hydrogen-bond acceptors (Lipinski definition) is 5. The molecule has 8 atom stereocenters. The zero-order chi connectivity index (χ0) is 31.4. The highest BCUT2D eigenvalue weighted by molar-refractivity contribution is 5.82. The Morgan fingerprint density at radius 1 is 0.930 bits per heavy atom. The van der Waals surface area contributed by atoms with Gasteiger partial charge in [0.05, 0.1) is 25.7 Å². The molecule has 0 aromatic carbocycles. The van der Waals surface area contributed by atoms with E-state index in [0.29, 0.717) is 23.9 Å². The predicted molar refractivity (Wildman–Crippen MR) is 169 cm³/mol. The number of carbonyl (C=O) groups is 3. The van der Waals surface area contributed by atoms with Gasteiger partial charge in [-0.1, -0.05) is 65.5 Å². The Morgan fingerprint density at radius 3 is 2.33 bits per heavy atom. The first kappa shape index (κ1) is 34.1. The second kappa shape index (κ2) is 14.6. The summed E-state index contributed by atoms with van der Waals surface area (Å²) in [5.74, 6) is 2.60. The van der Waals surface area contributed by atoms with Gasteiger partial charge in [0, 0.05) is 13.0 Å². The van der Waals surface area contributed by atoms with Crippen LogP contribution in [0.5, 0.6) is 0 Å². The van der Waals surface area contributed by atoms with Crippen LogP contribution in [0.1, 0.15) is 118 Å². The van der Waals surface area contributed by atoms with Gasteiger partial charge in [0.2, 0.25) is 0 Å². The van der Waals surface area contributed by atoms with E-state index in [1.807, 2.05) is 0 Å². The van der Waals surface area contributed by atoms with Gasteiger partial charge >= 0.3 is 11.9 Å². The van der Waals surface area contributed by atoms with E-state index in [9.17, 15) is 14.4 Å². The van der Waals surface area contributed by atoms with Crippen LogP contribution in [0.25, 0.3) is 0 Å². The second-order valence-corrected chi connectivity index (χ2v) is 15.6. The summed E-state index contributed by atoms with van der Waals surface area (Å²) in [7, 11) is 0. The lowest BCUT2D eigenvalue weighted by atomic mass is 9.47. The molecule has 2 N–H and O–H groups in total. The van der Waals surface area contributed by atoms with Crippen LogP contribution in [0.15, 0.2) is 11.6 Å². The number of rotatable bonds is 16. The number of fused-ring (bicyclic) bond motifs is 5. The molecule has 0 aliphatic heterocycles. The lowest BCUT2D eigenvalue weighted by molar-refractivity contribution is -0.142. The van der Waals surface area contributed by atoms with Gasteiger partial charge in [-0.25, -0.2) is 0 Å². The van der Waals surface area contributed by atoms with Gasteiger partial charge < -0.3 is 14.9 Å². The molecule has 0 bridgehead atoms. The van der Waals surface area contributed by atoms with Crippen molar-refractivity contribution in [3.63, 3.8) is 0 Å². The molecule has 4 aliphatic carbocycles. The molecule has 0 heterocycles. The Morgan fingerprint density at radius 2 is 1.65 bits per heavy atom. The lowest BCUT2D eigenvalue weighted by Gasteiger charge is -2.58. The van der Waals surface area contributed by atoms with Crippen LogP contribution in [0.4, 0.5) is 0 Å². The number of carboxylic acids is 2. The summed E-state index contributed by atoms with van der Waals surface area (Å²) in [4.78, 5) is 35.5. The van der Waals surface area contributed by atoms with E-state index in [0.717, 1.165) is 53.2 Å². The van der Waals surface area contributed by atoms with Gasteiger partial charge in [0.15, 0.2) is 0 Å². The van der Waals surface area contributed by atoms with Crippen molar-refractivity contribution < 1.29 is 29.3 Å². The molecule has 3 fully saturated rings. The zero-order valence-corrected chi connectivity index (χ0v) is 27.6. The summed E-state index contributed by atoms with van der Waals surface area (Å²) in [6.07, 6.45) is 17.8. The SMILES string of the molecule is CC(C)CCC[C@@H](C)[C@H]1CCC2C3CC=C4C[C@@H](OCCCC(=O)CN(CC(=O)O)CC(=O)O)CC[C@]4(C)C3CC[C@@]21C. The first-order valence-electron chi connectivity index (χ1n) is 17.3. The third-order valence-corrected chi connectivity index (χ3v) is 12.3. The molecule has 0 spiro atoms. The van der Waals surface area contributed by atoms with Crippen LogP contribution in [0.3, 0.4) is 0 Å². The van der Waals surface area contributed by atoms with E-state index in [-0.39, 0.29) is 24.9 Å². The van der Waals surface area contributed by atoms with E-state index >= 15 is 0 Å². The minimum absolute atomic E-state index is 0.147. The predicted octanol–water partition coefficient (Wildman–Crippen LogP) is 7.23. The number of carbonyl (C=O) groups excluding carboxylic acids is 1. The first-order chi connectivity index (χ1) is 20.3. The molecule has 7 nitrogen and oxygen atoms in total. The Kier molecular flexibility index (Phi) is 11.6. The molecule has 244 valence electrons. The van der Waals surface area contributed by atoms with Crippen molar-refractivity contribution >= 4 is 17.7 Å². The highest BCUT2D eigenvalue weighted by Gasteiger charge is 2.59. The Bertz CT molecular complexity index is 1010. The molecule has 3 saturated carbocycles. The van der Waals surface area contributed by atoms with E-state index in [1.54, 1.807) is 5.57 Å². The summed E-state index contributed by atoms with van der Waals surface area (Å²) >= 11 is 0. The van der Waals surface area contributed by atoms with Crippen LogP contribution in [-0.4, -0.2) is 65.2 Å². The summed E-state index contributed by atoms with van der Waals surface area (Å²) < 4.78 is 6.28. The number of nitrogens with zero attached hydrogens (tertiary/aromatic N) is 1. The average Bonchev–Trinajstić information content (AvgIpc) is 3.27. The number of Topliss-reactive ketones (excluding diaryl/α,β-unsaturated/α-hetero) is 1. The number of ether oxygens (including phenoxy) is 1. The Balaban J connectivity index is 1.26. The van der Waals surface area contributed by atoms with Crippen LogP contribution in [-0.2, 0) is 19.1 Å². The Labute approximate surface area is 260 Å². The molecular weight excluding hydrogens is 542 g/mol. The van der Waals surface area contributed by atoms with Crippen LogP contribution in [0.2, 0.25) is 0 Å². The summed E-state index contributed by atoms with van der Waals surface area (Å²) in [6, 6.07) is 0. The molecule has 4 aliphatic rings. The molecule has 0 aromatic heterocycles. The van der Waals surface area contributed by atoms with E-state index in [4.69, 9.17) is 14.9 Å². The number of allylic oxidation sites excluding steroid dienone is 1. The standard InChI is InChI=1S/C36H59NO6/c1-24(2)8-6-9-25(3)30-13-14-31-29-12-11-26-20-28(15-17-35(26,4)32(29)16-18-36(30,31)5)43-19-7-10-27(38)21-37(22-33(39)40)23-34(41)42/h11,24-25,28-32H,6-10,12-23H2,1-5H3,(H,39,40)(H,41,42)/t25-,28+,29?,30-,31?,32?,35+,36-/m1/s1. The van der Waals surface area contributed by atoms with Gasteiger partial charge in [-0.15, -0.1) is 0 Å². The highest BCUT2D eigenvalue weighted by Crippen LogP contribution is 2.67. The monoisotopic (exact) mass is 601 g/mol. The molecule has 43 heavy (non-hydrogen) atoms. The van der Waals surface area contributed by atoms with Crippen molar-refractivity contribution in [2.75, 3.05) is 26.2 Å². The molecule has 0 radical (unpaired) electrons. The maximum atomic E-state index is 12.4. The topological polar surface area (TPSA) is 104 Å². The van der Waals surface area contributed by atoms with Gasteiger partial charge in [0.1, 0.15) is 5.78 Å². The summed E-state index contributed by atoms with van der Waals surface area (Å²) in [5, 5.41) is 18.0. The van der Waals surface area contributed by atoms with Gasteiger partial charge in [-0.05, 0) is 104 Å². The van der Waals surface area contributed by atoms with Crippen LogP contribution >= 0.6 is 0 Å². The molecule has 0 aromatic rings. The van der Waals surface area contributed by atoms with Gasteiger partial charge in [-0.2, -0.15) is 0 Å². The van der Waals surface area contributed by atoms with Crippen molar-refractivity contribution in [1.29, 1.82) is 0 Å². The molecule has 0 saturated heterocycles. The van der Waals surface area contributed by atoms with E-state index in [1.165, 1.54) is 57.8 Å². The highest BCUT2D eigenvalue weighted by atomic mass is 16.5. The lowest BCUT2D eigenvalue weighted by Crippen LogP contribution is -2.51. The first-order valence-corrected chi connectivity index (χ1v) is 17.3. The van der Waals surface area contributed by atoms with Gasteiger partial charge in [0.25, 0.3) is 0 Å². The van der Waals surface area contributed by atoms with Crippen molar-refractivity contribution in [2.45, 2.75) is 124 Å². The van der Waals surface area contributed by atoms with Gasteiger partial charge in [-0.3, -0.25) is 19.3 Å². The molecule has 0 amide bonds. The summed E-state index contributed by atoms with van der Waals surface area (Å²) in [5.41, 5.74) is 2.41. The average molecular weight is 602 g/mol. The quantitative estimate of drug-likeness (QED) is 0.142. The number of aliphatic carboxylic acids is 2. The fourth-order valence-corrected chi connectivity index (χ4v) is 10.2. The molecule has 7 heteroatoms. The number of carboxylic acid groups (broad SMARTS) is 2. The van der Waals surface area contributed by atoms with Crippen molar-refractivity contribution in [1.82, 2.24) is 4.90 Å². The fraction of sp³-hybridized carbons (Fsp3) is 0.861. The Hall–Kier alpha value is -1.73. The fourth-order valence-electron chi connectivity index (χ4n) is 10.2. The third kappa shape index (κ3) is 8.11. The van der Waals surface area contributed by atoms with E-state index < -0.39 is 25.0 Å². The second-order valence-electron chi connectivity index (χ2n) is 15.6. The third-order valence-electron chi connectivity index (χ3n) is 12.3. The summed E-state index contributed by atoms with van der Waals surface area (Å²) in [6.45, 7) is 11.9. The molecule has 4 rings (SSSR count). The minimum Gasteiger partial charge on any atom is -0.480 e. The maximum Gasteiger partial charge on any atom is 0.317 e. The maximum absolute atomic E-state index is 12.4. The van der Waals surface area contributed by atoms with E-state index in [2.05, 4.69) is 40.7 Å². The largest absolute Gasteiger partial charge is 0.480 e. The van der Waals surface area contributed by atoms with Crippen LogP contribution < -0.4 is 0 Å². The normalized spacial score (nSPS) is 34.3. The number of ketones is 1. The van der Waals surface area contributed by atoms with Crippen molar-refractivity contribution in [3.05, 3.63) is 11.6 Å².